The van der Waals surface area contributed by atoms with E-state index in [0.29, 0.717) is 11.8 Å². The second-order valence-corrected chi connectivity index (χ2v) is 8.43. The van der Waals surface area contributed by atoms with Crippen LogP contribution in [0.2, 0.25) is 0 Å². The first kappa shape index (κ1) is 24.4. The van der Waals surface area contributed by atoms with Gasteiger partial charge in [0.2, 0.25) is 5.91 Å². The van der Waals surface area contributed by atoms with Gasteiger partial charge in [0.25, 0.3) is 0 Å². The number of piperazine rings is 1. The minimum absolute atomic E-state index is 0. The van der Waals surface area contributed by atoms with E-state index in [1.165, 1.54) is 38.5 Å². The quantitative estimate of drug-likeness (QED) is 0.236. The number of guanidine groups is 1. The van der Waals surface area contributed by atoms with E-state index in [2.05, 4.69) is 31.5 Å². The Balaban J connectivity index is 0.00000300. The topological polar surface area (TPSA) is 60.0 Å². The van der Waals surface area contributed by atoms with E-state index in [1.807, 2.05) is 7.05 Å². The highest BCUT2D eigenvalue weighted by atomic mass is 127. The molecule has 2 N–H and O–H groups in total. The van der Waals surface area contributed by atoms with Gasteiger partial charge in [0, 0.05) is 58.8 Å². The third-order valence-electron chi connectivity index (χ3n) is 6.46. The molecule has 1 aliphatic heterocycles. The molecule has 2 fully saturated rings. The molecule has 2 aliphatic carbocycles. The lowest BCUT2D eigenvalue weighted by molar-refractivity contribution is -0.137. The molecule has 0 radical (unpaired) electrons. The number of allylic oxidation sites excluding steroid dienone is 1. The first-order valence-corrected chi connectivity index (χ1v) is 11.4. The van der Waals surface area contributed by atoms with Gasteiger partial charge in [-0.25, -0.2) is 0 Å². The zero-order valence-corrected chi connectivity index (χ0v) is 20.5. The predicted octanol–water partition coefficient (Wildman–Crippen LogP) is 2.99. The molecule has 0 aromatic carbocycles. The average molecular weight is 518 g/mol. The van der Waals surface area contributed by atoms with Crippen molar-refractivity contribution in [3.05, 3.63) is 11.6 Å². The van der Waals surface area contributed by atoms with Crippen molar-refractivity contribution in [2.75, 3.05) is 52.9 Å². The maximum atomic E-state index is 12.5. The number of amides is 1. The van der Waals surface area contributed by atoms with E-state index in [0.717, 1.165) is 71.0 Å². The lowest BCUT2D eigenvalue weighted by Crippen LogP contribution is -2.51. The highest BCUT2D eigenvalue weighted by Gasteiger charge is 2.29. The molecule has 7 heteroatoms. The van der Waals surface area contributed by atoms with Crippen molar-refractivity contribution in [1.82, 2.24) is 20.4 Å². The Bertz CT molecular complexity index is 551. The van der Waals surface area contributed by atoms with Crippen LogP contribution in [0, 0.1) is 5.92 Å². The fraction of sp³-hybridized carbons (Fsp3) is 0.818. The van der Waals surface area contributed by atoms with E-state index >= 15 is 0 Å². The maximum absolute atomic E-state index is 12.5. The molecule has 3 rings (SSSR count). The fourth-order valence-corrected chi connectivity index (χ4v) is 4.65. The minimum Gasteiger partial charge on any atom is -0.356 e. The number of halogens is 1. The Labute approximate surface area is 194 Å². The molecule has 0 spiro atoms. The van der Waals surface area contributed by atoms with Gasteiger partial charge < -0.3 is 15.5 Å². The molecule has 0 bridgehead atoms. The molecular weight excluding hydrogens is 477 g/mol. The summed E-state index contributed by atoms with van der Waals surface area (Å²) in [5.74, 6) is 1.62. The SMILES string of the molecule is CN=C(NCCC1=CCCCC1)NCCN1CCN(C(=O)C2CCCC2)CC1.I. The van der Waals surface area contributed by atoms with Crippen LogP contribution in [0.4, 0.5) is 0 Å². The highest BCUT2D eigenvalue weighted by molar-refractivity contribution is 14.0. The molecule has 0 atom stereocenters. The van der Waals surface area contributed by atoms with E-state index in [-0.39, 0.29) is 24.0 Å². The largest absolute Gasteiger partial charge is 0.356 e. The molecule has 1 heterocycles. The monoisotopic (exact) mass is 517 g/mol. The summed E-state index contributed by atoms with van der Waals surface area (Å²) in [6.07, 6.45) is 13.4. The molecular formula is C22H40IN5O. The molecule has 1 amide bonds. The highest BCUT2D eigenvalue weighted by Crippen LogP contribution is 2.26. The number of rotatable bonds is 7. The van der Waals surface area contributed by atoms with E-state index < -0.39 is 0 Å². The molecule has 29 heavy (non-hydrogen) atoms. The average Bonchev–Trinajstić information content (AvgIpc) is 3.28. The van der Waals surface area contributed by atoms with Gasteiger partial charge in [-0.05, 0) is 44.9 Å². The van der Waals surface area contributed by atoms with Crippen LogP contribution in [0.5, 0.6) is 0 Å². The zero-order valence-electron chi connectivity index (χ0n) is 18.1. The second-order valence-electron chi connectivity index (χ2n) is 8.43. The summed E-state index contributed by atoms with van der Waals surface area (Å²) < 4.78 is 0. The van der Waals surface area contributed by atoms with Crippen LogP contribution in [0.3, 0.4) is 0 Å². The van der Waals surface area contributed by atoms with Crippen molar-refractivity contribution in [2.45, 2.75) is 57.8 Å². The Kier molecular flexibility index (Phi) is 11.4. The smallest absolute Gasteiger partial charge is 0.225 e. The predicted molar refractivity (Wildman–Crippen MR) is 131 cm³/mol. The van der Waals surface area contributed by atoms with Crippen LogP contribution >= 0.6 is 24.0 Å². The van der Waals surface area contributed by atoms with E-state index in [4.69, 9.17) is 0 Å². The lowest BCUT2D eigenvalue weighted by Gasteiger charge is -2.36. The number of aliphatic imine (C=N–C) groups is 1. The van der Waals surface area contributed by atoms with Crippen LogP contribution in [0.25, 0.3) is 0 Å². The van der Waals surface area contributed by atoms with Crippen LogP contribution in [0.1, 0.15) is 57.8 Å². The summed E-state index contributed by atoms with van der Waals surface area (Å²) in [5.41, 5.74) is 1.60. The summed E-state index contributed by atoms with van der Waals surface area (Å²) in [5, 5.41) is 6.86. The van der Waals surface area contributed by atoms with Crippen LogP contribution < -0.4 is 10.6 Å². The van der Waals surface area contributed by atoms with E-state index in [9.17, 15) is 4.79 Å². The van der Waals surface area contributed by atoms with Crippen molar-refractivity contribution in [3.8, 4) is 0 Å². The summed E-state index contributed by atoms with van der Waals surface area (Å²) in [6.45, 7) is 6.58. The first-order valence-electron chi connectivity index (χ1n) is 11.4. The van der Waals surface area contributed by atoms with Gasteiger partial charge in [-0.15, -0.1) is 24.0 Å². The summed E-state index contributed by atoms with van der Waals surface area (Å²) >= 11 is 0. The van der Waals surface area contributed by atoms with Crippen molar-refractivity contribution in [1.29, 1.82) is 0 Å². The third kappa shape index (κ3) is 8.07. The molecule has 0 unspecified atom stereocenters. The van der Waals surface area contributed by atoms with Gasteiger partial charge in [-0.3, -0.25) is 14.7 Å². The van der Waals surface area contributed by atoms with Crippen LogP contribution in [-0.2, 0) is 4.79 Å². The Hall–Kier alpha value is -0.830. The first-order chi connectivity index (χ1) is 13.8. The summed E-state index contributed by atoms with van der Waals surface area (Å²) in [6, 6.07) is 0. The van der Waals surface area contributed by atoms with Crippen LogP contribution in [0.15, 0.2) is 16.6 Å². The Morgan fingerprint density at radius 2 is 1.79 bits per heavy atom. The van der Waals surface area contributed by atoms with Crippen molar-refractivity contribution in [2.24, 2.45) is 10.9 Å². The molecule has 0 aromatic heterocycles. The number of hydrogen-bond acceptors (Lipinski definition) is 3. The Morgan fingerprint density at radius 1 is 1.07 bits per heavy atom. The summed E-state index contributed by atoms with van der Waals surface area (Å²) in [7, 11) is 1.84. The van der Waals surface area contributed by atoms with Crippen molar-refractivity contribution < 1.29 is 4.79 Å². The summed E-state index contributed by atoms with van der Waals surface area (Å²) in [4.78, 5) is 21.4. The molecule has 1 saturated heterocycles. The second kappa shape index (κ2) is 13.5. The number of hydrogen-bond donors (Lipinski definition) is 2. The zero-order chi connectivity index (χ0) is 19.6. The molecule has 3 aliphatic rings. The molecule has 0 aromatic rings. The number of carbonyl (C=O) groups excluding carboxylic acids is 1. The van der Waals surface area contributed by atoms with Crippen LogP contribution in [-0.4, -0.2) is 74.5 Å². The standard InChI is InChI=1S/C22H39N5O.HI/c1-23-22(24-12-11-19-7-3-2-4-8-19)25-13-14-26-15-17-27(18-16-26)21(28)20-9-5-6-10-20;/h7,20H,2-6,8-18H2,1H3,(H2,23,24,25);1H. The normalized spacial score (nSPS) is 21.5. The van der Waals surface area contributed by atoms with E-state index in [1.54, 1.807) is 5.57 Å². The Morgan fingerprint density at radius 3 is 2.45 bits per heavy atom. The van der Waals surface area contributed by atoms with Gasteiger partial charge in [0.15, 0.2) is 5.96 Å². The van der Waals surface area contributed by atoms with Gasteiger partial charge in [0.1, 0.15) is 0 Å². The third-order valence-corrected chi connectivity index (χ3v) is 6.46. The molecule has 1 saturated carbocycles. The lowest BCUT2D eigenvalue weighted by atomic mass is 9.97. The van der Waals surface area contributed by atoms with Crippen molar-refractivity contribution >= 4 is 35.8 Å². The molecule has 6 nitrogen and oxygen atoms in total. The van der Waals surface area contributed by atoms with Crippen molar-refractivity contribution in [3.63, 3.8) is 0 Å². The number of carbonyl (C=O) groups is 1. The molecule has 166 valence electrons. The minimum atomic E-state index is 0. The van der Waals surface area contributed by atoms with Gasteiger partial charge >= 0.3 is 0 Å². The number of nitrogens with one attached hydrogen (secondary N) is 2. The maximum Gasteiger partial charge on any atom is 0.225 e. The van der Waals surface area contributed by atoms with Gasteiger partial charge in [-0.2, -0.15) is 0 Å². The van der Waals surface area contributed by atoms with Gasteiger partial charge in [0.05, 0.1) is 0 Å². The fourth-order valence-electron chi connectivity index (χ4n) is 4.65. The number of nitrogens with zero attached hydrogens (tertiary/aromatic N) is 3. The van der Waals surface area contributed by atoms with Gasteiger partial charge in [-0.1, -0.05) is 24.5 Å².